The third kappa shape index (κ3) is 3.78. The standard InChI is InChI=1S/C19H15BrN6/c20-15-8-6-14(7-9-15)18-12-22-26-19(23-18)21-11-16-10-17(25-24-16)13-4-2-1-3-5-13/h1-10,12H,11H2,(H,24,25)(H,21,23,26). The van der Waals surface area contributed by atoms with Crippen LogP contribution in [0.4, 0.5) is 5.95 Å². The third-order valence-corrected chi connectivity index (χ3v) is 4.36. The molecule has 0 amide bonds. The highest BCUT2D eigenvalue weighted by Crippen LogP contribution is 2.20. The largest absolute Gasteiger partial charge is 0.347 e. The number of anilines is 1. The fourth-order valence-corrected chi connectivity index (χ4v) is 2.79. The molecule has 7 heteroatoms. The number of aromatic nitrogens is 5. The smallest absolute Gasteiger partial charge is 0.243 e. The SMILES string of the molecule is Brc1ccc(-c2cnnc(NCc3cc(-c4ccccc4)n[nH]3)n2)cc1. The lowest BCUT2D eigenvalue weighted by atomic mass is 10.1. The van der Waals surface area contributed by atoms with E-state index < -0.39 is 0 Å². The molecule has 2 aromatic carbocycles. The van der Waals surface area contributed by atoms with Crippen molar-refractivity contribution >= 4 is 21.9 Å². The van der Waals surface area contributed by atoms with E-state index in [1.54, 1.807) is 6.20 Å². The lowest BCUT2D eigenvalue weighted by Crippen LogP contribution is -2.05. The van der Waals surface area contributed by atoms with E-state index in [1.807, 2.05) is 60.7 Å². The number of aromatic amines is 1. The minimum Gasteiger partial charge on any atom is -0.347 e. The van der Waals surface area contributed by atoms with Crippen LogP contribution in [-0.4, -0.2) is 25.4 Å². The maximum Gasteiger partial charge on any atom is 0.243 e. The van der Waals surface area contributed by atoms with Crippen molar-refractivity contribution in [3.05, 3.63) is 77.0 Å². The summed E-state index contributed by atoms with van der Waals surface area (Å²) in [5.41, 5.74) is 4.68. The first-order valence-electron chi connectivity index (χ1n) is 8.07. The van der Waals surface area contributed by atoms with Crippen molar-refractivity contribution in [2.45, 2.75) is 6.54 Å². The third-order valence-electron chi connectivity index (χ3n) is 3.84. The second kappa shape index (κ2) is 7.45. The Morgan fingerprint density at radius 3 is 2.50 bits per heavy atom. The molecule has 0 saturated carbocycles. The van der Waals surface area contributed by atoms with E-state index in [0.717, 1.165) is 32.7 Å². The predicted molar refractivity (Wildman–Crippen MR) is 104 cm³/mol. The summed E-state index contributed by atoms with van der Waals surface area (Å²) >= 11 is 3.43. The zero-order chi connectivity index (χ0) is 17.8. The van der Waals surface area contributed by atoms with Crippen LogP contribution < -0.4 is 5.32 Å². The monoisotopic (exact) mass is 406 g/mol. The van der Waals surface area contributed by atoms with E-state index >= 15 is 0 Å². The van der Waals surface area contributed by atoms with Crippen LogP contribution in [0.1, 0.15) is 5.69 Å². The van der Waals surface area contributed by atoms with Gasteiger partial charge in [-0.05, 0) is 18.2 Å². The molecule has 0 aliphatic carbocycles. The summed E-state index contributed by atoms with van der Waals surface area (Å²) in [5, 5.41) is 18.6. The number of rotatable bonds is 5. The van der Waals surface area contributed by atoms with Crippen LogP contribution >= 0.6 is 15.9 Å². The average Bonchev–Trinajstić information content (AvgIpc) is 3.17. The number of nitrogens with zero attached hydrogens (tertiary/aromatic N) is 4. The lowest BCUT2D eigenvalue weighted by molar-refractivity contribution is 0.923. The number of hydrogen-bond donors (Lipinski definition) is 2. The molecule has 0 atom stereocenters. The molecule has 0 bridgehead atoms. The van der Waals surface area contributed by atoms with Crippen LogP contribution in [0.2, 0.25) is 0 Å². The van der Waals surface area contributed by atoms with Gasteiger partial charge in [0.25, 0.3) is 0 Å². The fraction of sp³-hybridized carbons (Fsp3) is 0.0526. The molecule has 26 heavy (non-hydrogen) atoms. The molecule has 0 aliphatic heterocycles. The normalized spacial score (nSPS) is 10.7. The van der Waals surface area contributed by atoms with Gasteiger partial charge in [0.15, 0.2) is 0 Å². The van der Waals surface area contributed by atoms with E-state index in [-0.39, 0.29) is 0 Å². The molecule has 0 unspecified atom stereocenters. The van der Waals surface area contributed by atoms with Crippen molar-refractivity contribution in [1.29, 1.82) is 0 Å². The number of hydrogen-bond acceptors (Lipinski definition) is 5. The molecular weight excluding hydrogens is 392 g/mol. The van der Waals surface area contributed by atoms with Gasteiger partial charge in [-0.25, -0.2) is 4.98 Å². The molecule has 4 aromatic rings. The van der Waals surface area contributed by atoms with Crippen LogP contribution in [0.5, 0.6) is 0 Å². The zero-order valence-electron chi connectivity index (χ0n) is 13.7. The van der Waals surface area contributed by atoms with Gasteiger partial charge < -0.3 is 5.32 Å². The minimum absolute atomic E-state index is 0.473. The Balaban J connectivity index is 1.46. The quantitative estimate of drug-likeness (QED) is 0.516. The number of halogens is 1. The molecule has 2 N–H and O–H groups in total. The maximum absolute atomic E-state index is 4.52. The summed E-state index contributed by atoms with van der Waals surface area (Å²) in [4.78, 5) is 4.52. The van der Waals surface area contributed by atoms with Gasteiger partial charge in [0, 0.05) is 15.6 Å². The summed E-state index contributed by atoms with van der Waals surface area (Å²) in [6.07, 6.45) is 1.65. The Kier molecular flexibility index (Phi) is 4.70. The average molecular weight is 407 g/mol. The van der Waals surface area contributed by atoms with Crippen LogP contribution in [-0.2, 0) is 6.54 Å². The highest BCUT2D eigenvalue weighted by molar-refractivity contribution is 9.10. The first kappa shape index (κ1) is 16.4. The first-order valence-corrected chi connectivity index (χ1v) is 8.86. The second-order valence-electron chi connectivity index (χ2n) is 5.67. The van der Waals surface area contributed by atoms with Gasteiger partial charge in [0.2, 0.25) is 5.95 Å². The molecule has 0 saturated heterocycles. The molecule has 0 fully saturated rings. The van der Waals surface area contributed by atoms with E-state index in [9.17, 15) is 0 Å². The lowest BCUT2D eigenvalue weighted by Gasteiger charge is -2.05. The van der Waals surface area contributed by atoms with Crippen molar-refractivity contribution in [1.82, 2.24) is 25.4 Å². The van der Waals surface area contributed by atoms with E-state index in [4.69, 9.17) is 0 Å². The Hall–Kier alpha value is -3.06. The summed E-state index contributed by atoms with van der Waals surface area (Å²) in [5.74, 6) is 0.473. The topological polar surface area (TPSA) is 79.4 Å². The molecule has 6 nitrogen and oxygen atoms in total. The summed E-state index contributed by atoms with van der Waals surface area (Å²) in [6.45, 7) is 0.533. The van der Waals surface area contributed by atoms with Gasteiger partial charge in [0.1, 0.15) is 0 Å². The van der Waals surface area contributed by atoms with E-state index in [0.29, 0.717) is 12.5 Å². The Morgan fingerprint density at radius 1 is 0.923 bits per heavy atom. The van der Waals surface area contributed by atoms with Gasteiger partial charge in [-0.15, -0.1) is 5.10 Å². The molecule has 0 spiro atoms. The number of benzene rings is 2. The van der Waals surface area contributed by atoms with Crippen LogP contribution in [0.15, 0.2) is 71.3 Å². The van der Waals surface area contributed by atoms with E-state index in [1.165, 1.54) is 0 Å². The molecule has 128 valence electrons. The molecule has 2 aromatic heterocycles. The van der Waals surface area contributed by atoms with Gasteiger partial charge in [0.05, 0.1) is 29.8 Å². The Labute approximate surface area is 158 Å². The predicted octanol–water partition coefficient (Wildman–Crippen LogP) is 4.30. The number of H-pyrrole nitrogens is 1. The minimum atomic E-state index is 0.473. The molecule has 4 rings (SSSR count). The second-order valence-corrected chi connectivity index (χ2v) is 6.59. The Morgan fingerprint density at radius 2 is 1.69 bits per heavy atom. The van der Waals surface area contributed by atoms with E-state index in [2.05, 4.69) is 46.6 Å². The molecule has 2 heterocycles. The zero-order valence-corrected chi connectivity index (χ0v) is 15.3. The molecular formula is C19H15BrN6. The van der Waals surface area contributed by atoms with Gasteiger partial charge in [-0.1, -0.05) is 58.4 Å². The highest BCUT2D eigenvalue weighted by atomic mass is 79.9. The fourth-order valence-electron chi connectivity index (χ4n) is 2.52. The molecule has 0 radical (unpaired) electrons. The maximum atomic E-state index is 4.52. The van der Waals surface area contributed by atoms with Crippen molar-refractivity contribution in [2.24, 2.45) is 0 Å². The number of nitrogens with one attached hydrogen (secondary N) is 2. The molecule has 0 aliphatic rings. The Bertz CT molecular complexity index is 998. The van der Waals surface area contributed by atoms with Crippen molar-refractivity contribution < 1.29 is 0 Å². The summed E-state index contributed by atoms with van der Waals surface area (Å²) in [6, 6.07) is 20.0. The first-order chi connectivity index (χ1) is 12.8. The van der Waals surface area contributed by atoms with Crippen LogP contribution in [0.3, 0.4) is 0 Å². The summed E-state index contributed by atoms with van der Waals surface area (Å²) in [7, 11) is 0. The van der Waals surface area contributed by atoms with Crippen LogP contribution in [0, 0.1) is 0 Å². The van der Waals surface area contributed by atoms with Crippen LogP contribution in [0.25, 0.3) is 22.5 Å². The highest BCUT2D eigenvalue weighted by Gasteiger charge is 2.06. The van der Waals surface area contributed by atoms with Gasteiger partial charge >= 0.3 is 0 Å². The summed E-state index contributed by atoms with van der Waals surface area (Å²) < 4.78 is 1.02. The van der Waals surface area contributed by atoms with Crippen molar-refractivity contribution in [3.63, 3.8) is 0 Å². The van der Waals surface area contributed by atoms with Gasteiger partial charge in [-0.2, -0.15) is 10.2 Å². The van der Waals surface area contributed by atoms with Crippen molar-refractivity contribution in [2.75, 3.05) is 5.32 Å². The van der Waals surface area contributed by atoms with Gasteiger partial charge in [-0.3, -0.25) is 5.10 Å². The van der Waals surface area contributed by atoms with Crippen molar-refractivity contribution in [3.8, 4) is 22.5 Å².